The van der Waals surface area contributed by atoms with E-state index in [1.807, 2.05) is 0 Å². The van der Waals surface area contributed by atoms with Gasteiger partial charge in [-0.3, -0.25) is 5.73 Å². The van der Waals surface area contributed by atoms with Crippen molar-refractivity contribution < 1.29 is 9.72 Å². The van der Waals surface area contributed by atoms with Crippen molar-refractivity contribution >= 4 is 29.2 Å². The maximum Gasteiger partial charge on any atom is 0.388 e. The van der Waals surface area contributed by atoms with E-state index in [1.165, 1.54) is 0 Å². The van der Waals surface area contributed by atoms with Crippen molar-refractivity contribution in [1.82, 2.24) is 4.98 Å². The van der Waals surface area contributed by atoms with Gasteiger partial charge in [-0.15, -0.1) is 0 Å². The van der Waals surface area contributed by atoms with Gasteiger partial charge in [-0.25, -0.2) is 4.98 Å². The molecular formula is C11H10Cl2N3O+. The van der Waals surface area contributed by atoms with Gasteiger partial charge in [0.05, 0.1) is 17.7 Å². The van der Waals surface area contributed by atoms with Gasteiger partial charge in [0.1, 0.15) is 11.4 Å². The molecule has 1 heterocycles. The van der Waals surface area contributed by atoms with Gasteiger partial charge in [0.25, 0.3) is 0 Å². The number of rotatable bonds is 2. The summed E-state index contributed by atoms with van der Waals surface area (Å²) in [5.41, 5.74) is 6.96. The Hall–Kier alpha value is -1.52. The van der Waals surface area contributed by atoms with E-state index in [-0.39, 0.29) is 5.95 Å². The number of aromatic amines is 1. The molecule has 0 aliphatic heterocycles. The van der Waals surface area contributed by atoms with Crippen LogP contribution in [-0.2, 0) is 0 Å². The fourth-order valence-corrected chi connectivity index (χ4v) is 2.01. The molecular weight excluding hydrogens is 261 g/mol. The number of ether oxygens (including phenoxy) is 1. The molecule has 0 bridgehead atoms. The number of nitrogens with one attached hydrogen (secondary N) is 1. The molecule has 17 heavy (non-hydrogen) atoms. The molecule has 6 heteroatoms. The van der Waals surface area contributed by atoms with E-state index in [9.17, 15) is 0 Å². The number of hydrogen-bond acceptors (Lipinski definition) is 3. The third-order valence-electron chi connectivity index (χ3n) is 2.22. The summed E-state index contributed by atoms with van der Waals surface area (Å²) in [5.74, 6) is 0.852. The maximum absolute atomic E-state index is 6.14. The molecule has 0 aliphatic rings. The molecule has 3 N–H and O–H groups in total. The van der Waals surface area contributed by atoms with Gasteiger partial charge in [0.15, 0.2) is 0 Å². The number of nitrogens with two attached hydrogens (primary N) is 1. The summed E-state index contributed by atoms with van der Waals surface area (Å²) in [5, 5.41) is 0.834. The quantitative estimate of drug-likeness (QED) is 0.853. The average Bonchev–Trinajstić information content (AvgIpc) is 2.27. The molecule has 1 aromatic heterocycles. The summed E-state index contributed by atoms with van der Waals surface area (Å²) in [4.78, 5) is 6.75. The third-order valence-corrected chi connectivity index (χ3v) is 2.73. The number of benzene rings is 1. The molecule has 4 nitrogen and oxygen atoms in total. The molecule has 0 atom stereocenters. The maximum atomic E-state index is 6.14. The van der Waals surface area contributed by atoms with Crippen LogP contribution >= 0.6 is 23.2 Å². The number of hydrogen-bond donors (Lipinski definition) is 1. The lowest BCUT2D eigenvalue weighted by Gasteiger charge is -2.08. The SMILES string of the molecule is COc1cccc(Cl)c1-c1cc(Cl)nc(N)[nH+]1. The Morgan fingerprint density at radius 2 is 2.12 bits per heavy atom. The van der Waals surface area contributed by atoms with Crippen molar-refractivity contribution in [2.24, 2.45) is 0 Å². The second kappa shape index (κ2) is 4.77. The first-order valence-electron chi connectivity index (χ1n) is 4.80. The van der Waals surface area contributed by atoms with Crippen LogP contribution < -0.4 is 15.5 Å². The lowest BCUT2D eigenvalue weighted by atomic mass is 10.1. The third kappa shape index (κ3) is 2.43. The van der Waals surface area contributed by atoms with Crippen molar-refractivity contribution in [1.29, 1.82) is 0 Å². The molecule has 0 aliphatic carbocycles. The molecule has 88 valence electrons. The first-order chi connectivity index (χ1) is 8.11. The summed E-state index contributed by atoms with van der Waals surface area (Å²) in [7, 11) is 1.57. The van der Waals surface area contributed by atoms with Crippen molar-refractivity contribution in [3.8, 4) is 17.0 Å². The molecule has 0 saturated carbocycles. The minimum Gasteiger partial charge on any atom is -0.496 e. The molecule has 2 aromatic rings. The monoisotopic (exact) mass is 270 g/mol. The summed E-state index contributed by atoms with van der Waals surface area (Å²) < 4.78 is 5.25. The number of nitrogen functional groups attached to an aromatic ring is 1. The number of halogens is 2. The number of H-pyrrole nitrogens is 1. The Labute approximate surface area is 108 Å². The zero-order valence-electron chi connectivity index (χ0n) is 9.00. The van der Waals surface area contributed by atoms with Gasteiger partial charge in [0, 0.05) is 6.07 Å². The van der Waals surface area contributed by atoms with Crippen molar-refractivity contribution in [2.45, 2.75) is 0 Å². The summed E-state index contributed by atoms with van der Waals surface area (Å²) in [6.07, 6.45) is 0. The summed E-state index contributed by atoms with van der Waals surface area (Å²) in [6.45, 7) is 0. The van der Waals surface area contributed by atoms with E-state index >= 15 is 0 Å². The fourth-order valence-electron chi connectivity index (χ4n) is 1.54. The molecule has 0 fully saturated rings. The largest absolute Gasteiger partial charge is 0.496 e. The lowest BCUT2D eigenvalue weighted by Crippen LogP contribution is -2.16. The van der Waals surface area contributed by atoms with Crippen LogP contribution in [-0.4, -0.2) is 12.1 Å². The zero-order valence-corrected chi connectivity index (χ0v) is 10.5. The second-order valence-corrected chi connectivity index (χ2v) is 4.11. The minimum atomic E-state index is 0.217. The Kier molecular flexibility index (Phi) is 3.36. The smallest absolute Gasteiger partial charge is 0.388 e. The second-order valence-electron chi connectivity index (χ2n) is 3.32. The average molecular weight is 271 g/mol. The molecule has 0 unspecified atom stereocenters. The normalized spacial score (nSPS) is 10.3. The van der Waals surface area contributed by atoms with Gasteiger partial charge in [-0.05, 0) is 23.7 Å². The zero-order chi connectivity index (χ0) is 12.4. The Morgan fingerprint density at radius 3 is 2.76 bits per heavy atom. The van der Waals surface area contributed by atoms with Gasteiger partial charge in [0.2, 0.25) is 5.15 Å². The minimum absolute atomic E-state index is 0.217. The molecule has 0 spiro atoms. The highest BCUT2D eigenvalue weighted by atomic mass is 35.5. The number of anilines is 1. The molecule has 1 aromatic carbocycles. The van der Waals surface area contributed by atoms with E-state index in [0.29, 0.717) is 27.2 Å². The molecule has 0 saturated heterocycles. The van der Waals surface area contributed by atoms with Crippen LogP contribution in [0.2, 0.25) is 10.2 Å². The van der Waals surface area contributed by atoms with Crippen LogP contribution in [0.5, 0.6) is 5.75 Å². The summed E-state index contributed by atoms with van der Waals surface area (Å²) >= 11 is 12.0. The number of nitrogens with zero attached hydrogens (tertiary/aromatic N) is 1. The highest BCUT2D eigenvalue weighted by molar-refractivity contribution is 6.33. The van der Waals surface area contributed by atoms with E-state index in [4.69, 9.17) is 33.7 Å². The number of aromatic nitrogens is 2. The van der Waals surface area contributed by atoms with Crippen LogP contribution in [0.25, 0.3) is 11.3 Å². The van der Waals surface area contributed by atoms with Crippen molar-refractivity contribution in [3.63, 3.8) is 0 Å². The first kappa shape index (κ1) is 12.0. The highest BCUT2D eigenvalue weighted by Gasteiger charge is 2.15. The van der Waals surface area contributed by atoms with Crippen LogP contribution in [0.4, 0.5) is 5.95 Å². The van der Waals surface area contributed by atoms with Crippen LogP contribution in [0.1, 0.15) is 0 Å². The van der Waals surface area contributed by atoms with E-state index in [1.54, 1.807) is 31.4 Å². The Morgan fingerprint density at radius 1 is 1.35 bits per heavy atom. The van der Waals surface area contributed by atoms with E-state index in [2.05, 4.69) is 9.97 Å². The van der Waals surface area contributed by atoms with Crippen LogP contribution in [0, 0.1) is 0 Å². The van der Waals surface area contributed by atoms with Crippen LogP contribution in [0.15, 0.2) is 24.3 Å². The lowest BCUT2D eigenvalue weighted by molar-refractivity contribution is -0.350. The van der Waals surface area contributed by atoms with Crippen LogP contribution in [0.3, 0.4) is 0 Å². The highest BCUT2D eigenvalue weighted by Crippen LogP contribution is 2.34. The Bertz CT molecular complexity index is 540. The van der Waals surface area contributed by atoms with Gasteiger partial charge in [-0.2, -0.15) is 0 Å². The predicted octanol–water partition coefficient (Wildman–Crippen LogP) is 2.46. The van der Waals surface area contributed by atoms with Gasteiger partial charge < -0.3 is 4.74 Å². The van der Waals surface area contributed by atoms with E-state index < -0.39 is 0 Å². The van der Waals surface area contributed by atoms with Crippen molar-refractivity contribution in [3.05, 3.63) is 34.4 Å². The molecule has 0 radical (unpaired) electrons. The topological polar surface area (TPSA) is 62.3 Å². The van der Waals surface area contributed by atoms with Gasteiger partial charge in [-0.1, -0.05) is 22.7 Å². The Balaban J connectivity index is 2.67. The number of methoxy groups -OCH3 is 1. The fraction of sp³-hybridized carbons (Fsp3) is 0.0909. The molecule has 0 amide bonds. The van der Waals surface area contributed by atoms with E-state index in [0.717, 1.165) is 0 Å². The predicted molar refractivity (Wildman–Crippen MR) is 67.2 cm³/mol. The standard InChI is InChI=1S/C11H9Cl2N3O/c1-17-8-4-2-3-6(12)10(8)7-5-9(13)16-11(14)15-7/h2-5H,1H3,(H2,14,15,16)/p+1. The summed E-state index contributed by atoms with van der Waals surface area (Å²) in [6, 6.07) is 7.01. The van der Waals surface area contributed by atoms with Gasteiger partial charge >= 0.3 is 5.95 Å². The molecule has 2 rings (SSSR count). The van der Waals surface area contributed by atoms with Crippen molar-refractivity contribution in [2.75, 3.05) is 12.8 Å². The first-order valence-corrected chi connectivity index (χ1v) is 5.55.